The Morgan fingerprint density at radius 2 is 2.11 bits per heavy atom. The molecule has 0 heterocycles. The molecule has 0 saturated heterocycles. The van der Waals surface area contributed by atoms with E-state index in [1.807, 2.05) is 6.92 Å². The van der Waals surface area contributed by atoms with Crippen molar-refractivity contribution in [3.63, 3.8) is 0 Å². The van der Waals surface area contributed by atoms with Crippen LogP contribution in [0.2, 0.25) is 0 Å². The molecule has 0 aliphatic rings. The molecule has 2 atom stereocenters. The minimum Gasteiger partial charge on any atom is -0.349 e. The molecule has 1 aromatic rings. The van der Waals surface area contributed by atoms with E-state index in [0.29, 0.717) is 6.42 Å². The molecule has 0 aliphatic heterocycles. The molecule has 0 bridgehead atoms. The van der Waals surface area contributed by atoms with Gasteiger partial charge in [-0.3, -0.25) is 4.79 Å². The van der Waals surface area contributed by atoms with Crippen molar-refractivity contribution in [2.45, 2.75) is 32.7 Å². The Balaban J connectivity index is 2.73. The molecule has 19 heavy (non-hydrogen) atoms. The van der Waals surface area contributed by atoms with Gasteiger partial charge in [-0.05, 0) is 19.4 Å². The zero-order valence-electron chi connectivity index (χ0n) is 11.2. The Kier molecular flexibility index (Phi) is 5.89. The number of hydrogen-bond acceptors (Lipinski definition) is 2. The van der Waals surface area contributed by atoms with Gasteiger partial charge in [0.1, 0.15) is 11.6 Å². The second-order valence-electron chi connectivity index (χ2n) is 4.62. The average molecular weight is 270 g/mol. The van der Waals surface area contributed by atoms with Crippen molar-refractivity contribution >= 4 is 5.91 Å². The monoisotopic (exact) mass is 270 g/mol. The Morgan fingerprint density at radius 1 is 1.42 bits per heavy atom. The van der Waals surface area contributed by atoms with Crippen LogP contribution in [0.25, 0.3) is 0 Å². The third kappa shape index (κ3) is 4.28. The third-order valence-electron chi connectivity index (χ3n) is 3.08. The van der Waals surface area contributed by atoms with Gasteiger partial charge in [0.05, 0.1) is 12.0 Å². The lowest BCUT2D eigenvalue weighted by Gasteiger charge is -2.19. The molecule has 0 saturated carbocycles. The summed E-state index contributed by atoms with van der Waals surface area (Å²) in [6.07, 6.45) is 1.55. The van der Waals surface area contributed by atoms with E-state index in [9.17, 15) is 13.6 Å². The summed E-state index contributed by atoms with van der Waals surface area (Å²) in [7, 11) is 0. The first kappa shape index (κ1) is 15.6. The van der Waals surface area contributed by atoms with Gasteiger partial charge in [0, 0.05) is 18.2 Å². The van der Waals surface area contributed by atoms with Crippen LogP contribution in [0, 0.1) is 17.6 Å². The number of carbonyl (C=O) groups is 1. The average Bonchev–Trinajstić information content (AvgIpc) is 2.35. The highest BCUT2D eigenvalue weighted by Gasteiger charge is 2.20. The van der Waals surface area contributed by atoms with E-state index in [1.165, 1.54) is 12.1 Å². The van der Waals surface area contributed by atoms with Crippen molar-refractivity contribution in [1.82, 2.24) is 5.32 Å². The van der Waals surface area contributed by atoms with Gasteiger partial charge in [-0.25, -0.2) is 8.78 Å². The van der Waals surface area contributed by atoms with Crippen LogP contribution in [0.4, 0.5) is 8.78 Å². The first-order chi connectivity index (χ1) is 8.99. The molecular formula is C14H20F2N2O. The number of amides is 1. The quantitative estimate of drug-likeness (QED) is 0.834. The van der Waals surface area contributed by atoms with Gasteiger partial charge in [0.15, 0.2) is 0 Å². The fourth-order valence-corrected chi connectivity index (χ4v) is 1.97. The Hall–Kier alpha value is -1.49. The molecule has 0 aromatic heterocycles. The number of halogens is 2. The Morgan fingerprint density at radius 3 is 2.63 bits per heavy atom. The lowest BCUT2D eigenvalue weighted by molar-refractivity contribution is -0.125. The lowest BCUT2D eigenvalue weighted by atomic mass is 10.0. The number of benzene rings is 1. The Bertz CT molecular complexity index is 437. The summed E-state index contributed by atoms with van der Waals surface area (Å²) in [5.41, 5.74) is 5.81. The maximum Gasteiger partial charge on any atom is 0.224 e. The highest BCUT2D eigenvalue weighted by molar-refractivity contribution is 5.79. The number of rotatable bonds is 6. The zero-order chi connectivity index (χ0) is 14.4. The largest absolute Gasteiger partial charge is 0.349 e. The maximum absolute atomic E-state index is 13.6. The van der Waals surface area contributed by atoms with Crippen LogP contribution in [0.1, 0.15) is 38.3 Å². The van der Waals surface area contributed by atoms with Crippen LogP contribution < -0.4 is 11.1 Å². The highest BCUT2D eigenvalue weighted by atomic mass is 19.1. The van der Waals surface area contributed by atoms with Crippen molar-refractivity contribution in [2.24, 2.45) is 11.7 Å². The second kappa shape index (κ2) is 7.19. The molecule has 0 fully saturated rings. The van der Waals surface area contributed by atoms with Crippen LogP contribution in [-0.2, 0) is 4.79 Å². The molecule has 0 spiro atoms. The van der Waals surface area contributed by atoms with E-state index >= 15 is 0 Å². The SMILES string of the molecule is CCCC(CN)C(=O)NC(C)c1ccc(F)cc1F. The number of hydrogen-bond donors (Lipinski definition) is 2. The van der Waals surface area contributed by atoms with Gasteiger partial charge < -0.3 is 11.1 Å². The van der Waals surface area contributed by atoms with E-state index in [2.05, 4.69) is 5.32 Å². The van der Waals surface area contributed by atoms with Crippen LogP contribution >= 0.6 is 0 Å². The van der Waals surface area contributed by atoms with E-state index in [-0.39, 0.29) is 23.9 Å². The molecule has 3 N–H and O–H groups in total. The van der Waals surface area contributed by atoms with Crippen molar-refractivity contribution in [2.75, 3.05) is 6.54 Å². The minimum atomic E-state index is -0.660. The van der Waals surface area contributed by atoms with Crippen LogP contribution in [0.15, 0.2) is 18.2 Å². The van der Waals surface area contributed by atoms with E-state index in [4.69, 9.17) is 5.73 Å². The summed E-state index contributed by atoms with van der Waals surface area (Å²) in [5, 5.41) is 2.71. The van der Waals surface area contributed by atoms with Gasteiger partial charge in [0.25, 0.3) is 0 Å². The summed E-state index contributed by atoms with van der Waals surface area (Å²) < 4.78 is 26.4. The molecule has 106 valence electrons. The number of carbonyl (C=O) groups excluding carboxylic acids is 1. The molecule has 1 rings (SSSR count). The summed E-state index contributed by atoms with van der Waals surface area (Å²) in [5.74, 6) is -1.75. The highest BCUT2D eigenvalue weighted by Crippen LogP contribution is 2.18. The number of nitrogens with one attached hydrogen (secondary N) is 1. The molecule has 1 aromatic carbocycles. The van der Waals surface area contributed by atoms with Gasteiger partial charge in [-0.2, -0.15) is 0 Å². The van der Waals surface area contributed by atoms with E-state index < -0.39 is 17.7 Å². The Labute approximate surface area is 112 Å². The zero-order valence-corrected chi connectivity index (χ0v) is 11.2. The van der Waals surface area contributed by atoms with Crippen molar-refractivity contribution in [1.29, 1.82) is 0 Å². The molecule has 0 radical (unpaired) electrons. The van der Waals surface area contributed by atoms with Crippen molar-refractivity contribution in [3.05, 3.63) is 35.4 Å². The van der Waals surface area contributed by atoms with Crippen LogP contribution in [0.3, 0.4) is 0 Å². The van der Waals surface area contributed by atoms with Crippen molar-refractivity contribution in [3.8, 4) is 0 Å². The van der Waals surface area contributed by atoms with Crippen LogP contribution in [-0.4, -0.2) is 12.5 Å². The molecule has 5 heteroatoms. The topological polar surface area (TPSA) is 55.1 Å². The van der Waals surface area contributed by atoms with Gasteiger partial charge in [-0.1, -0.05) is 19.4 Å². The molecule has 1 amide bonds. The molecular weight excluding hydrogens is 250 g/mol. The normalized spacial score (nSPS) is 13.9. The second-order valence-corrected chi connectivity index (χ2v) is 4.62. The summed E-state index contributed by atoms with van der Waals surface area (Å²) in [6.45, 7) is 3.89. The lowest BCUT2D eigenvalue weighted by Crippen LogP contribution is -2.36. The smallest absolute Gasteiger partial charge is 0.224 e. The first-order valence-corrected chi connectivity index (χ1v) is 6.45. The fraction of sp³-hybridized carbons (Fsp3) is 0.500. The number of nitrogens with two attached hydrogens (primary N) is 1. The summed E-state index contributed by atoms with van der Waals surface area (Å²) in [4.78, 5) is 11.9. The molecule has 3 nitrogen and oxygen atoms in total. The molecule has 0 aliphatic carbocycles. The van der Waals surface area contributed by atoms with Crippen molar-refractivity contribution < 1.29 is 13.6 Å². The minimum absolute atomic E-state index is 0.194. The van der Waals surface area contributed by atoms with E-state index in [0.717, 1.165) is 12.5 Å². The summed E-state index contributed by atoms with van der Waals surface area (Å²) in [6, 6.07) is 2.81. The maximum atomic E-state index is 13.6. The predicted octanol–water partition coefficient (Wildman–Crippen LogP) is 2.52. The van der Waals surface area contributed by atoms with Gasteiger partial charge >= 0.3 is 0 Å². The fourth-order valence-electron chi connectivity index (χ4n) is 1.97. The first-order valence-electron chi connectivity index (χ1n) is 6.45. The third-order valence-corrected chi connectivity index (χ3v) is 3.08. The molecule has 2 unspecified atom stereocenters. The summed E-state index contributed by atoms with van der Waals surface area (Å²) >= 11 is 0. The van der Waals surface area contributed by atoms with E-state index in [1.54, 1.807) is 6.92 Å². The van der Waals surface area contributed by atoms with Gasteiger partial charge in [-0.15, -0.1) is 0 Å². The van der Waals surface area contributed by atoms with Gasteiger partial charge in [0.2, 0.25) is 5.91 Å². The van der Waals surface area contributed by atoms with Crippen LogP contribution in [0.5, 0.6) is 0 Å². The predicted molar refractivity (Wildman–Crippen MR) is 70.4 cm³/mol. The standard InChI is InChI=1S/C14H20F2N2O/c1-3-4-10(8-17)14(19)18-9(2)12-6-5-11(15)7-13(12)16/h5-7,9-10H,3-4,8,17H2,1-2H3,(H,18,19).